The molecule has 0 saturated heterocycles. The summed E-state index contributed by atoms with van der Waals surface area (Å²) in [6.45, 7) is 4.67. The Morgan fingerprint density at radius 3 is 2.82 bits per heavy atom. The van der Waals surface area contributed by atoms with Crippen LogP contribution in [0.5, 0.6) is 0 Å². The van der Waals surface area contributed by atoms with Crippen molar-refractivity contribution in [1.82, 2.24) is 0 Å². The van der Waals surface area contributed by atoms with E-state index in [-0.39, 0.29) is 5.82 Å². The highest BCUT2D eigenvalue weighted by Crippen LogP contribution is 2.20. The maximum absolute atomic E-state index is 13.2. The number of nitrogens with two attached hydrogens (primary N) is 1. The monoisotopic (exact) mass is 240 g/mol. The van der Waals surface area contributed by atoms with Crippen LogP contribution in [-0.4, -0.2) is 33.4 Å². The lowest BCUT2D eigenvalue weighted by Crippen LogP contribution is -2.24. The first kappa shape index (κ1) is 13.9. The van der Waals surface area contributed by atoms with Crippen molar-refractivity contribution in [1.29, 1.82) is 0 Å². The Kier molecular flexibility index (Phi) is 5.94. The van der Waals surface area contributed by atoms with E-state index >= 15 is 0 Å². The number of benzene rings is 1. The first-order valence-corrected chi connectivity index (χ1v) is 5.96. The van der Waals surface area contributed by atoms with Gasteiger partial charge in [0.1, 0.15) is 5.82 Å². The van der Waals surface area contributed by atoms with Gasteiger partial charge in [0.15, 0.2) is 0 Å². The van der Waals surface area contributed by atoms with E-state index in [2.05, 4.69) is 4.90 Å². The summed E-state index contributed by atoms with van der Waals surface area (Å²) < 4.78 is 18.5. The molecule has 0 amide bonds. The molecule has 3 nitrogen and oxygen atoms in total. The van der Waals surface area contributed by atoms with Crippen molar-refractivity contribution in [2.75, 3.05) is 38.3 Å². The van der Waals surface area contributed by atoms with Crippen LogP contribution in [0.4, 0.5) is 10.1 Å². The molecule has 0 atom stereocenters. The maximum atomic E-state index is 13.2. The summed E-state index contributed by atoms with van der Waals surface area (Å²) in [5, 5.41) is 0. The molecule has 0 fully saturated rings. The zero-order chi connectivity index (χ0) is 12.7. The molecule has 1 rings (SSSR count). The largest absolute Gasteiger partial charge is 0.380 e. The molecule has 0 aliphatic heterocycles. The summed E-state index contributed by atoms with van der Waals surface area (Å²) in [4.78, 5) is 2.07. The number of anilines is 1. The van der Waals surface area contributed by atoms with Crippen LogP contribution >= 0.6 is 0 Å². The van der Waals surface area contributed by atoms with Crippen molar-refractivity contribution in [2.45, 2.75) is 13.3 Å². The molecule has 0 aliphatic carbocycles. The summed E-state index contributed by atoms with van der Waals surface area (Å²) in [7, 11) is 1.98. The van der Waals surface area contributed by atoms with Gasteiger partial charge < -0.3 is 15.4 Å². The average Bonchev–Trinajstić information content (AvgIpc) is 2.30. The summed E-state index contributed by atoms with van der Waals surface area (Å²) >= 11 is 0. The fourth-order valence-electron chi connectivity index (χ4n) is 1.75. The van der Waals surface area contributed by atoms with Crippen molar-refractivity contribution in [2.24, 2.45) is 5.73 Å². The molecule has 0 heterocycles. The molecule has 4 heteroatoms. The van der Waals surface area contributed by atoms with Crippen LogP contribution in [-0.2, 0) is 11.2 Å². The molecule has 0 saturated carbocycles. The smallest absolute Gasteiger partial charge is 0.123 e. The second kappa shape index (κ2) is 7.25. The number of ether oxygens (including phenoxy) is 1. The van der Waals surface area contributed by atoms with Gasteiger partial charge in [-0.3, -0.25) is 0 Å². The van der Waals surface area contributed by atoms with Crippen LogP contribution in [0.25, 0.3) is 0 Å². The molecule has 1 aromatic carbocycles. The van der Waals surface area contributed by atoms with E-state index in [0.29, 0.717) is 26.2 Å². The molecular weight excluding hydrogens is 219 g/mol. The lowest BCUT2D eigenvalue weighted by Gasteiger charge is -2.22. The number of hydrogen-bond acceptors (Lipinski definition) is 3. The highest BCUT2D eigenvalue weighted by Gasteiger charge is 2.08. The molecule has 0 unspecified atom stereocenters. The minimum atomic E-state index is -0.213. The molecule has 0 aliphatic rings. The van der Waals surface area contributed by atoms with E-state index in [0.717, 1.165) is 17.8 Å². The average molecular weight is 240 g/mol. The maximum Gasteiger partial charge on any atom is 0.123 e. The highest BCUT2D eigenvalue weighted by atomic mass is 19.1. The molecule has 2 N–H and O–H groups in total. The van der Waals surface area contributed by atoms with Gasteiger partial charge in [-0.1, -0.05) is 0 Å². The summed E-state index contributed by atoms with van der Waals surface area (Å²) in [6, 6.07) is 4.83. The van der Waals surface area contributed by atoms with E-state index in [1.54, 1.807) is 12.1 Å². The lowest BCUT2D eigenvalue weighted by atomic mass is 10.1. The molecule has 0 spiro atoms. The molecule has 96 valence electrons. The van der Waals surface area contributed by atoms with Gasteiger partial charge in [-0.05, 0) is 43.7 Å². The Balaban J connectivity index is 2.73. The van der Waals surface area contributed by atoms with Crippen LogP contribution < -0.4 is 10.6 Å². The molecule has 17 heavy (non-hydrogen) atoms. The number of hydrogen-bond donors (Lipinski definition) is 1. The fraction of sp³-hybridized carbons (Fsp3) is 0.538. The van der Waals surface area contributed by atoms with Crippen molar-refractivity contribution in [3.8, 4) is 0 Å². The van der Waals surface area contributed by atoms with Gasteiger partial charge in [0.2, 0.25) is 0 Å². The van der Waals surface area contributed by atoms with Crippen molar-refractivity contribution in [3.63, 3.8) is 0 Å². The normalized spacial score (nSPS) is 10.6. The second-order valence-corrected chi connectivity index (χ2v) is 3.93. The van der Waals surface area contributed by atoms with Crippen LogP contribution in [0.2, 0.25) is 0 Å². The van der Waals surface area contributed by atoms with Crippen LogP contribution in [0.3, 0.4) is 0 Å². The minimum absolute atomic E-state index is 0.213. The van der Waals surface area contributed by atoms with Gasteiger partial charge >= 0.3 is 0 Å². The Labute approximate surface area is 102 Å². The molecule has 0 aromatic heterocycles. The molecule has 1 aromatic rings. The third-order valence-electron chi connectivity index (χ3n) is 2.64. The van der Waals surface area contributed by atoms with E-state index in [1.807, 2.05) is 14.0 Å². The number of nitrogens with zero attached hydrogens (tertiary/aromatic N) is 1. The van der Waals surface area contributed by atoms with E-state index in [1.165, 1.54) is 6.07 Å². The topological polar surface area (TPSA) is 38.5 Å². The van der Waals surface area contributed by atoms with Gasteiger partial charge in [0, 0.05) is 25.9 Å². The fourth-order valence-corrected chi connectivity index (χ4v) is 1.75. The predicted molar refractivity (Wildman–Crippen MR) is 68.9 cm³/mol. The zero-order valence-electron chi connectivity index (χ0n) is 10.6. The summed E-state index contributed by atoms with van der Waals surface area (Å²) in [5.41, 5.74) is 7.51. The van der Waals surface area contributed by atoms with Crippen LogP contribution in [0.1, 0.15) is 12.5 Å². The van der Waals surface area contributed by atoms with Gasteiger partial charge in [0.05, 0.1) is 6.61 Å². The van der Waals surface area contributed by atoms with E-state index in [9.17, 15) is 4.39 Å². The first-order chi connectivity index (χ1) is 8.19. The van der Waals surface area contributed by atoms with Crippen molar-refractivity contribution >= 4 is 5.69 Å². The molecule has 0 radical (unpaired) electrons. The van der Waals surface area contributed by atoms with Gasteiger partial charge in [-0.25, -0.2) is 4.39 Å². The Morgan fingerprint density at radius 2 is 2.18 bits per heavy atom. The van der Waals surface area contributed by atoms with E-state index in [4.69, 9.17) is 10.5 Å². The van der Waals surface area contributed by atoms with E-state index < -0.39 is 0 Å². The molecular formula is C13H21FN2O. The lowest BCUT2D eigenvalue weighted by molar-refractivity contribution is 0.154. The summed E-state index contributed by atoms with van der Waals surface area (Å²) in [5.74, 6) is -0.213. The quantitative estimate of drug-likeness (QED) is 0.739. The third kappa shape index (κ3) is 4.32. The zero-order valence-corrected chi connectivity index (χ0v) is 10.6. The minimum Gasteiger partial charge on any atom is -0.380 e. The first-order valence-electron chi connectivity index (χ1n) is 5.96. The van der Waals surface area contributed by atoms with Crippen LogP contribution in [0.15, 0.2) is 18.2 Å². The van der Waals surface area contributed by atoms with Crippen molar-refractivity contribution in [3.05, 3.63) is 29.6 Å². The number of halogens is 1. The Bertz CT molecular complexity index is 344. The van der Waals surface area contributed by atoms with Gasteiger partial charge in [-0.15, -0.1) is 0 Å². The number of likely N-dealkylation sites (N-methyl/N-ethyl adjacent to an activating group) is 1. The Hall–Kier alpha value is -1.13. The Morgan fingerprint density at radius 1 is 1.41 bits per heavy atom. The molecule has 0 bridgehead atoms. The number of rotatable bonds is 7. The SMILES string of the molecule is CCOCCN(C)c1ccc(F)cc1CCN. The standard InChI is InChI=1S/C13H21FN2O/c1-3-17-9-8-16(2)13-5-4-12(14)10-11(13)6-7-15/h4-5,10H,3,6-9,15H2,1-2H3. The highest BCUT2D eigenvalue weighted by molar-refractivity contribution is 5.53. The predicted octanol–water partition coefficient (Wildman–Crippen LogP) is 1.80. The van der Waals surface area contributed by atoms with Gasteiger partial charge in [0.25, 0.3) is 0 Å². The summed E-state index contributed by atoms with van der Waals surface area (Å²) in [6.07, 6.45) is 0.687. The van der Waals surface area contributed by atoms with Crippen molar-refractivity contribution < 1.29 is 9.13 Å². The van der Waals surface area contributed by atoms with Crippen LogP contribution in [0, 0.1) is 5.82 Å². The van der Waals surface area contributed by atoms with Gasteiger partial charge in [-0.2, -0.15) is 0 Å². The third-order valence-corrected chi connectivity index (χ3v) is 2.64. The second-order valence-electron chi connectivity index (χ2n) is 3.93.